The van der Waals surface area contributed by atoms with Crippen LogP contribution in [-0.2, 0) is 0 Å². The quantitative estimate of drug-likeness (QED) is 0.521. The first kappa shape index (κ1) is 18.9. The Morgan fingerprint density at radius 1 is 0.818 bits per heavy atom. The second-order valence-corrected chi connectivity index (χ2v) is 7.13. The molecule has 0 saturated heterocycles. The fourth-order valence-corrected chi connectivity index (χ4v) is 2.79. The topological polar surface area (TPSA) is 95.2 Å². The van der Waals surface area contributed by atoms with Gasteiger partial charge in [0, 0.05) is 12.2 Å². The third kappa shape index (κ3) is 7.22. The molecule has 0 unspecified atom stereocenters. The average molecular weight is 344 g/mol. The highest BCUT2D eigenvalue weighted by Gasteiger charge is 2.09. The molecule has 0 amide bonds. The molecule has 120 valence electrons. The van der Waals surface area contributed by atoms with E-state index < -0.39 is 10.2 Å². The number of nitrogens with zero attached hydrogens (tertiary/aromatic N) is 1. The molecule has 0 aromatic heterocycles. The van der Waals surface area contributed by atoms with Crippen LogP contribution in [-0.4, -0.2) is 24.4 Å². The molecule has 0 bridgehead atoms. The van der Waals surface area contributed by atoms with E-state index in [2.05, 4.69) is 69.0 Å². The van der Waals surface area contributed by atoms with Gasteiger partial charge in [0.15, 0.2) is 5.71 Å². The van der Waals surface area contributed by atoms with E-state index in [-0.39, 0.29) is 0 Å². The first-order valence-electron chi connectivity index (χ1n) is 6.37. The van der Waals surface area contributed by atoms with Crippen LogP contribution in [0, 0.1) is 10.2 Å². The first-order valence-corrected chi connectivity index (χ1v) is 8.42. The number of hydrogen-bond donors (Lipinski definition) is 0. The Kier molecular flexibility index (Phi) is 6.80. The lowest BCUT2D eigenvalue weighted by molar-refractivity contribution is -2.00. The van der Waals surface area contributed by atoms with Gasteiger partial charge in [-0.25, -0.2) is 23.2 Å². The molecule has 2 aliphatic rings. The van der Waals surface area contributed by atoms with Crippen LogP contribution in [0.15, 0.2) is 57.4 Å². The molecule has 0 saturated carbocycles. The lowest BCUT2D eigenvalue weighted by Crippen LogP contribution is -2.68. The third-order valence-electron chi connectivity index (χ3n) is 2.76. The maximum absolute atomic E-state index is 8.49. The zero-order chi connectivity index (χ0) is 16.9. The fourth-order valence-electron chi connectivity index (χ4n) is 1.91. The zero-order valence-corrected chi connectivity index (χ0v) is 14.4. The summed E-state index contributed by atoms with van der Waals surface area (Å²) in [6, 6.07) is 0. The Morgan fingerprint density at radius 3 is 1.59 bits per heavy atom. The monoisotopic (exact) mass is 343 g/mol. The van der Waals surface area contributed by atoms with E-state index in [0.29, 0.717) is 0 Å². The van der Waals surface area contributed by atoms with Crippen molar-refractivity contribution in [2.45, 2.75) is 13.8 Å². The van der Waals surface area contributed by atoms with Crippen LogP contribution in [0.4, 0.5) is 0 Å². The Morgan fingerprint density at radius 2 is 1.23 bits per heavy atom. The minimum absolute atomic E-state index is 1.24. The van der Waals surface area contributed by atoms with Gasteiger partial charge in [-0.15, -0.1) is 10.2 Å². The van der Waals surface area contributed by atoms with Crippen molar-refractivity contribution < 1.29 is 33.5 Å². The van der Waals surface area contributed by atoms with Gasteiger partial charge in [0.25, 0.3) is 0 Å². The van der Waals surface area contributed by atoms with E-state index in [0.717, 1.165) is 0 Å². The largest absolute Gasteiger partial charge is 0.235 e. The van der Waals surface area contributed by atoms with Crippen molar-refractivity contribution >= 4 is 17.5 Å². The SMILES string of the molecule is CC1=CC(=C2C=CC(=[N+](C)C)C=C2)C=C(C)S1.[O-][Cl+3]([O-])([O-])[O-]. The summed E-state index contributed by atoms with van der Waals surface area (Å²) in [5.41, 5.74) is 3.83. The van der Waals surface area contributed by atoms with E-state index in [1.165, 1.54) is 26.7 Å². The molecular weight excluding hydrogens is 326 g/mol. The highest BCUT2D eigenvalue weighted by molar-refractivity contribution is 8.06. The lowest BCUT2D eigenvalue weighted by atomic mass is 10.0. The van der Waals surface area contributed by atoms with Crippen LogP contribution in [0.3, 0.4) is 0 Å². The van der Waals surface area contributed by atoms with Crippen molar-refractivity contribution in [1.29, 1.82) is 0 Å². The first-order chi connectivity index (χ1) is 10.1. The van der Waals surface area contributed by atoms with E-state index in [4.69, 9.17) is 18.6 Å². The van der Waals surface area contributed by atoms with Crippen molar-refractivity contribution in [3.8, 4) is 0 Å². The Bertz CT molecular complexity index is 574. The number of allylic oxidation sites excluding steroid dienone is 10. The summed E-state index contributed by atoms with van der Waals surface area (Å²) in [5.74, 6) is 0. The maximum Gasteiger partial charge on any atom is 0.199 e. The van der Waals surface area contributed by atoms with Gasteiger partial charge in [-0.3, -0.25) is 0 Å². The second kappa shape index (κ2) is 7.92. The van der Waals surface area contributed by atoms with Crippen LogP contribution in [0.25, 0.3) is 0 Å². The van der Waals surface area contributed by atoms with Crippen molar-refractivity contribution in [3.63, 3.8) is 0 Å². The molecule has 0 spiro atoms. The molecule has 5 nitrogen and oxygen atoms in total. The predicted octanol–water partition coefficient (Wildman–Crippen LogP) is -1.08. The van der Waals surface area contributed by atoms with Gasteiger partial charge in [-0.1, -0.05) is 11.8 Å². The summed E-state index contributed by atoms with van der Waals surface area (Å²) in [7, 11) is -0.818. The van der Waals surface area contributed by atoms with E-state index in [1.54, 1.807) is 0 Å². The van der Waals surface area contributed by atoms with Gasteiger partial charge in [0.1, 0.15) is 14.1 Å². The molecule has 0 N–H and O–H groups in total. The molecular formula is C15H18ClNO4S. The highest BCUT2D eigenvalue weighted by atomic mass is 35.7. The van der Waals surface area contributed by atoms with Gasteiger partial charge in [0.2, 0.25) is 0 Å². The van der Waals surface area contributed by atoms with Crippen molar-refractivity contribution in [2.24, 2.45) is 0 Å². The Balaban J connectivity index is 0.000000422. The number of thioether (sulfide) groups is 1. The maximum atomic E-state index is 8.49. The van der Waals surface area contributed by atoms with Crippen molar-refractivity contribution in [1.82, 2.24) is 0 Å². The number of rotatable bonds is 0. The zero-order valence-electron chi connectivity index (χ0n) is 12.8. The summed E-state index contributed by atoms with van der Waals surface area (Å²) in [5, 5.41) is 0. The van der Waals surface area contributed by atoms with E-state index >= 15 is 0 Å². The summed E-state index contributed by atoms with van der Waals surface area (Å²) in [6.45, 7) is 4.32. The minimum atomic E-state index is -4.94. The van der Waals surface area contributed by atoms with Gasteiger partial charge in [-0.05, 0) is 59.1 Å². The van der Waals surface area contributed by atoms with Crippen LogP contribution in [0.5, 0.6) is 0 Å². The predicted molar refractivity (Wildman–Crippen MR) is 77.5 cm³/mol. The second-order valence-electron chi connectivity index (χ2n) is 4.89. The molecule has 0 aromatic carbocycles. The summed E-state index contributed by atoms with van der Waals surface area (Å²) in [4.78, 5) is 2.72. The molecule has 1 aliphatic heterocycles. The van der Waals surface area contributed by atoms with Crippen molar-refractivity contribution in [2.75, 3.05) is 14.1 Å². The van der Waals surface area contributed by atoms with Crippen LogP contribution in [0.1, 0.15) is 13.8 Å². The summed E-state index contributed by atoms with van der Waals surface area (Å²) in [6.07, 6.45) is 13.2. The number of hydrogen-bond acceptors (Lipinski definition) is 5. The van der Waals surface area contributed by atoms with Crippen LogP contribution in [0.2, 0.25) is 0 Å². The molecule has 0 radical (unpaired) electrons. The third-order valence-corrected chi connectivity index (χ3v) is 3.64. The Hall–Kier alpha value is -1.15. The van der Waals surface area contributed by atoms with Gasteiger partial charge in [0.05, 0.1) is 0 Å². The number of halogens is 1. The lowest BCUT2D eigenvalue weighted by Gasteiger charge is -2.17. The van der Waals surface area contributed by atoms with Gasteiger partial charge >= 0.3 is 0 Å². The van der Waals surface area contributed by atoms with E-state index in [9.17, 15) is 0 Å². The molecule has 1 heterocycles. The molecule has 22 heavy (non-hydrogen) atoms. The van der Waals surface area contributed by atoms with E-state index in [1.807, 2.05) is 11.8 Å². The van der Waals surface area contributed by atoms with Gasteiger partial charge in [-0.2, -0.15) is 0 Å². The molecule has 0 atom stereocenters. The molecule has 0 fully saturated rings. The standard InChI is InChI=1S/C15H18NS.ClHO4/c1-11-9-14(10-12(2)17-11)13-5-7-15(8-6-13)16(3)4;2-1(3,4)5/h5-10H,1-4H3;(H,2,3,4,5)/q+1;/p-1. The smallest absolute Gasteiger partial charge is 0.199 e. The van der Waals surface area contributed by atoms with Crippen molar-refractivity contribution in [3.05, 3.63) is 57.4 Å². The van der Waals surface area contributed by atoms with Gasteiger partial charge < -0.3 is 0 Å². The molecule has 1 aliphatic carbocycles. The Labute approximate surface area is 136 Å². The van der Waals surface area contributed by atoms with Crippen LogP contribution >= 0.6 is 11.8 Å². The molecule has 2 rings (SSSR count). The fraction of sp³-hybridized carbons (Fsp3) is 0.267. The summed E-state index contributed by atoms with van der Waals surface area (Å²) >= 11 is 1.84. The van der Waals surface area contributed by atoms with Crippen LogP contribution < -0.4 is 18.6 Å². The average Bonchev–Trinajstić information content (AvgIpc) is 2.35. The highest BCUT2D eigenvalue weighted by Crippen LogP contribution is 2.33. The summed E-state index contributed by atoms with van der Waals surface area (Å²) < 4.78 is 36.1. The normalized spacial score (nSPS) is 17.7. The minimum Gasteiger partial charge on any atom is -0.235 e. The molecule has 0 aromatic rings. The molecule has 7 heteroatoms.